The number of hydrogen-bond acceptors (Lipinski definition) is 6. The fourth-order valence-corrected chi connectivity index (χ4v) is 4.92. The maximum atomic E-state index is 13.8. The van der Waals surface area contributed by atoms with Crippen LogP contribution < -0.4 is 24.8 Å². The molecule has 1 aliphatic carbocycles. The third-order valence-electron chi connectivity index (χ3n) is 6.62. The molecule has 174 valence electrons. The molecule has 1 aliphatic heterocycles. The van der Waals surface area contributed by atoms with E-state index in [-0.39, 0.29) is 17.7 Å². The molecule has 2 aliphatic rings. The number of allylic oxidation sites excluding steroid dienone is 1. The largest absolute Gasteiger partial charge is 0.497 e. The van der Waals surface area contributed by atoms with Crippen LogP contribution in [0.4, 0.5) is 11.4 Å². The van der Waals surface area contributed by atoms with Crippen molar-refractivity contribution in [1.82, 2.24) is 0 Å². The number of hydrogen-bond donors (Lipinski definition) is 2. The molecule has 6 heteroatoms. The Bertz CT molecular complexity index is 1270. The van der Waals surface area contributed by atoms with E-state index in [9.17, 15) is 4.79 Å². The number of rotatable bonds is 5. The lowest BCUT2D eigenvalue weighted by Crippen LogP contribution is -2.27. The Hall–Kier alpha value is -3.93. The van der Waals surface area contributed by atoms with E-state index in [1.54, 1.807) is 21.3 Å². The lowest BCUT2D eigenvalue weighted by atomic mass is 9.78. The zero-order valence-electron chi connectivity index (χ0n) is 19.6. The molecule has 0 fully saturated rings. The molecule has 3 aromatic carbocycles. The zero-order chi connectivity index (χ0) is 23.7. The minimum atomic E-state index is -0.380. The van der Waals surface area contributed by atoms with Gasteiger partial charge in [0.25, 0.3) is 0 Å². The standard InChI is InChI=1S/C28H28N2O4/c1-32-19-8-6-7-17(13-19)18-14-24-27(25(31)15-18)28(30-23-10-5-4-9-22(23)29-24)21-16-20(33-2)11-12-26(21)34-3/h4-13,16,18,28-30H,14-15H2,1-3H3. The van der Waals surface area contributed by atoms with Gasteiger partial charge < -0.3 is 24.8 Å². The highest BCUT2D eigenvalue weighted by molar-refractivity contribution is 6.01. The Morgan fingerprint density at radius 2 is 1.56 bits per heavy atom. The molecule has 2 unspecified atom stereocenters. The highest BCUT2D eigenvalue weighted by Crippen LogP contribution is 2.46. The van der Waals surface area contributed by atoms with Gasteiger partial charge in [-0.1, -0.05) is 24.3 Å². The fourth-order valence-electron chi connectivity index (χ4n) is 4.92. The number of methoxy groups -OCH3 is 3. The quantitative estimate of drug-likeness (QED) is 0.514. The first kappa shape index (κ1) is 21.9. The summed E-state index contributed by atoms with van der Waals surface area (Å²) in [6.45, 7) is 0. The molecule has 2 atom stereocenters. The van der Waals surface area contributed by atoms with Crippen LogP contribution in [-0.4, -0.2) is 27.1 Å². The number of para-hydroxylation sites is 2. The summed E-state index contributed by atoms with van der Waals surface area (Å²) in [5.74, 6) is 2.38. The van der Waals surface area contributed by atoms with E-state index in [4.69, 9.17) is 14.2 Å². The van der Waals surface area contributed by atoms with Crippen LogP contribution in [-0.2, 0) is 4.79 Å². The monoisotopic (exact) mass is 456 g/mol. The number of ketones is 1. The van der Waals surface area contributed by atoms with Crippen molar-refractivity contribution in [2.75, 3.05) is 32.0 Å². The minimum absolute atomic E-state index is 0.0620. The van der Waals surface area contributed by atoms with Gasteiger partial charge in [0, 0.05) is 23.3 Å². The van der Waals surface area contributed by atoms with Crippen molar-refractivity contribution in [2.45, 2.75) is 24.8 Å². The van der Waals surface area contributed by atoms with Gasteiger partial charge in [0.05, 0.1) is 38.7 Å². The molecule has 5 rings (SSSR count). The van der Waals surface area contributed by atoms with Gasteiger partial charge in [0.15, 0.2) is 5.78 Å². The molecule has 0 radical (unpaired) electrons. The second-order valence-corrected chi connectivity index (χ2v) is 8.55. The van der Waals surface area contributed by atoms with Gasteiger partial charge in [-0.3, -0.25) is 4.79 Å². The molecule has 6 nitrogen and oxygen atoms in total. The minimum Gasteiger partial charge on any atom is -0.497 e. The topological polar surface area (TPSA) is 68.8 Å². The Kier molecular flexibility index (Phi) is 5.88. The highest BCUT2D eigenvalue weighted by atomic mass is 16.5. The smallest absolute Gasteiger partial charge is 0.163 e. The number of ether oxygens (including phenoxy) is 3. The van der Waals surface area contributed by atoms with E-state index in [0.29, 0.717) is 24.3 Å². The van der Waals surface area contributed by atoms with Gasteiger partial charge in [-0.05, 0) is 60.4 Å². The number of nitrogens with one attached hydrogen (secondary N) is 2. The average molecular weight is 457 g/mol. The van der Waals surface area contributed by atoms with Crippen molar-refractivity contribution in [2.24, 2.45) is 0 Å². The summed E-state index contributed by atoms with van der Waals surface area (Å²) in [6, 6.07) is 21.3. The first-order valence-corrected chi connectivity index (χ1v) is 11.4. The van der Waals surface area contributed by atoms with Crippen molar-refractivity contribution in [3.8, 4) is 17.2 Å². The van der Waals surface area contributed by atoms with Crippen LogP contribution >= 0.6 is 0 Å². The zero-order valence-corrected chi connectivity index (χ0v) is 19.6. The highest BCUT2D eigenvalue weighted by Gasteiger charge is 2.37. The first-order chi connectivity index (χ1) is 16.6. The van der Waals surface area contributed by atoms with E-state index >= 15 is 0 Å². The SMILES string of the molecule is COc1cccc(C2CC(=O)C3=C(C2)Nc2ccccc2NC3c2cc(OC)ccc2OC)c1. The van der Waals surface area contributed by atoms with Crippen molar-refractivity contribution in [3.63, 3.8) is 0 Å². The number of carbonyl (C=O) groups excluding carboxylic acids is 1. The van der Waals surface area contributed by atoms with Gasteiger partial charge in [-0.15, -0.1) is 0 Å². The average Bonchev–Trinajstić information content (AvgIpc) is 3.05. The van der Waals surface area contributed by atoms with E-state index in [0.717, 1.165) is 39.5 Å². The van der Waals surface area contributed by atoms with E-state index < -0.39 is 0 Å². The van der Waals surface area contributed by atoms with Crippen LogP contribution in [0.3, 0.4) is 0 Å². The number of fused-ring (bicyclic) bond motifs is 1. The fraction of sp³-hybridized carbons (Fsp3) is 0.250. The summed E-state index contributed by atoms with van der Waals surface area (Å²) in [4.78, 5) is 13.8. The molecule has 2 N–H and O–H groups in total. The van der Waals surface area contributed by atoms with Gasteiger partial charge in [-0.2, -0.15) is 0 Å². The summed E-state index contributed by atoms with van der Waals surface area (Å²) < 4.78 is 16.6. The first-order valence-electron chi connectivity index (χ1n) is 11.4. The molecule has 0 amide bonds. The molecule has 0 bridgehead atoms. The molecule has 0 saturated heterocycles. The van der Waals surface area contributed by atoms with Crippen LogP contribution in [0.2, 0.25) is 0 Å². The number of carbonyl (C=O) groups is 1. The number of anilines is 2. The van der Waals surface area contributed by atoms with E-state index in [1.165, 1.54) is 0 Å². The van der Waals surface area contributed by atoms with Gasteiger partial charge in [-0.25, -0.2) is 0 Å². The molecular weight excluding hydrogens is 428 g/mol. The molecule has 0 saturated carbocycles. The van der Waals surface area contributed by atoms with Crippen LogP contribution in [0, 0.1) is 0 Å². The van der Waals surface area contributed by atoms with E-state index in [1.807, 2.05) is 60.7 Å². The van der Waals surface area contributed by atoms with Crippen LogP contribution in [0.1, 0.15) is 35.9 Å². The Balaban J connectivity index is 1.64. The summed E-state index contributed by atoms with van der Waals surface area (Å²) >= 11 is 0. The molecular formula is C28H28N2O4. The lowest BCUT2D eigenvalue weighted by molar-refractivity contribution is -0.116. The third-order valence-corrected chi connectivity index (χ3v) is 6.62. The van der Waals surface area contributed by atoms with E-state index in [2.05, 4.69) is 16.7 Å². The van der Waals surface area contributed by atoms with Crippen molar-refractivity contribution in [3.05, 3.63) is 89.1 Å². The Morgan fingerprint density at radius 3 is 2.32 bits per heavy atom. The van der Waals surface area contributed by atoms with Gasteiger partial charge >= 0.3 is 0 Å². The Labute approximate surface area is 199 Å². The van der Waals surface area contributed by atoms with Gasteiger partial charge in [0.2, 0.25) is 0 Å². The second-order valence-electron chi connectivity index (χ2n) is 8.55. The summed E-state index contributed by atoms with van der Waals surface area (Å²) in [5.41, 5.74) is 5.50. The van der Waals surface area contributed by atoms with Gasteiger partial charge in [0.1, 0.15) is 17.2 Å². The molecule has 3 aromatic rings. The van der Waals surface area contributed by atoms with Crippen LogP contribution in [0.25, 0.3) is 0 Å². The predicted molar refractivity (Wildman–Crippen MR) is 133 cm³/mol. The molecule has 34 heavy (non-hydrogen) atoms. The lowest BCUT2D eigenvalue weighted by Gasteiger charge is -2.30. The predicted octanol–water partition coefficient (Wildman–Crippen LogP) is 5.69. The molecule has 0 spiro atoms. The molecule has 1 heterocycles. The molecule has 0 aromatic heterocycles. The van der Waals surface area contributed by atoms with Crippen molar-refractivity contribution >= 4 is 17.2 Å². The summed E-state index contributed by atoms with van der Waals surface area (Å²) in [5, 5.41) is 7.19. The van der Waals surface area contributed by atoms with Crippen LogP contribution in [0.15, 0.2) is 78.0 Å². The maximum absolute atomic E-state index is 13.8. The second kappa shape index (κ2) is 9.14. The Morgan fingerprint density at radius 1 is 0.794 bits per heavy atom. The van der Waals surface area contributed by atoms with Crippen LogP contribution in [0.5, 0.6) is 17.2 Å². The number of benzene rings is 3. The third kappa shape index (κ3) is 3.96. The summed E-state index contributed by atoms with van der Waals surface area (Å²) in [7, 11) is 4.94. The van der Waals surface area contributed by atoms with Crippen molar-refractivity contribution in [1.29, 1.82) is 0 Å². The number of Topliss-reactive ketones (excluding diaryl/α,β-unsaturated/α-hetero) is 1. The maximum Gasteiger partial charge on any atom is 0.163 e. The van der Waals surface area contributed by atoms with Crippen molar-refractivity contribution < 1.29 is 19.0 Å². The summed E-state index contributed by atoms with van der Waals surface area (Å²) in [6.07, 6.45) is 1.14. The normalized spacial score (nSPS) is 19.2.